The van der Waals surface area contributed by atoms with E-state index in [-0.39, 0.29) is 17.5 Å². The van der Waals surface area contributed by atoms with Crippen LogP contribution >= 0.6 is 0 Å². The number of hydrogen-bond acceptors (Lipinski definition) is 8. The van der Waals surface area contributed by atoms with Crippen molar-refractivity contribution in [3.63, 3.8) is 0 Å². The third-order valence-electron chi connectivity index (χ3n) is 5.23. The Labute approximate surface area is 180 Å². The van der Waals surface area contributed by atoms with Crippen LogP contribution in [0.4, 0.5) is 0 Å². The molecule has 31 heavy (non-hydrogen) atoms. The molecule has 10 heteroatoms. The van der Waals surface area contributed by atoms with Gasteiger partial charge < -0.3 is 14.2 Å². The molecule has 0 radical (unpaired) electrons. The summed E-state index contributed by atoms with van der Waals surface area (Å²) in [6.45, 7) is 0. The number of rotatable bonds is 6. The van der Waals surface area contributed by atoms with Crippen LogP contribution in [0.5, 0.6) is 17.2 Å². The van der Waals surface area contributed by atoms with E-state index in [1.54, 1.807) is 37.2 Å². The molecule has 2 aromatic heterocycles. The van der Waals surface area contributed by atoms with E-state index in [0.717, 1.165) is 0 Å². The average Bonchev–Trinajstić information content (AvgIpc) is 3.23. The lowest BCUT2D eigenvalue weighted by Gasteiger charge is -2.23. The van der Waals surface area contributed by atoms with Crippen molar-refractivity contribution in [3.8, 4) is 40.2 Å². The van der Waals surface area contributed by atoms with Crippen molar-refractivity contribution in [1.29, 1.82) is 0 Å². The molecule has 1 aliphatic heterocycles. The molecular weight excluding hydrogens is 420 g/mol. The second-order valence-corrected chi connectivity index (χ2v) is 9.47. The number of pyridine rings is 1. The molecule has 0 spiro atoms. The van der Waals surface area contributed by atoms with Crippen molar-refractivity contribution >= 4 is 9.84 Å². The maximum absolute atomic E-state index is 12.3. The largest absolute Gasteiger partial charge is 0.493 e. The van der Waals surface area contributed by atoms with Crippen molar-refractivity contribution in [2.24, 2.45) is 0 Å². The lowest BCUT2D eigenvalue weighted by Crippen LogP contribution is -2.28. The number of methoxy groups -OCH3 is 3. The number of nitrogens with zero attached hydrogens (tertiary/aromatic N) is 4. The molecule has 1 saturated heterocycles. The van der Waals surface area contributed by atoms with Gasteiger partial charge in [0.05, 0.1) is 38.9 Å². The predicted molar refractivity (Wildman–Crippen MR) is 115 cm³/mol. The highest BCUT2D eigenvalue weighted by Gasteiger charge is 2.30. The zero-order valence-corrected chi connectivity index (χ0v) is 18.4. The number of aromatic nitrogens is 4. The summed E-state index contributed by atoms with van der Waals surface area (Å²) in [5, 5.41) is 4.67. The molecular formula is C21H24N4O5S. The fourth-order valence-electron chi connectivity index (χ4n) is 3.78. The Balaban J connectivity index is 1.89. The van der Waals surface area contributed by atoms with Crippen LogP contribution in [0.3, 0.4) is 0 Å². The van der Waals surface area contributed by atoms with Crippen molar-refractivity contribution in [3.05, 3.63) is 36.5 Å². The lowest BCUT2D eigenvalue weighted by molar-refractivity contribution is 0.324. The Morgan fingerprint density at radius 1 is 1.06 bits per heavy atom. The summed E-state index contributed by atoms with van der Waals surface area (Å²) in [6, 6.07) is 8.72. The fourth-order valence-corrected chi connectivity index (χ4v) is 5.45. The molecule has 1 unspecified atom stereocenters. The minimum atomic E-state index is -3.14. The molecule has 1 aromatic carbocycles. The number of benzene rings is 1. The van der Waals surface area contributed by atoms with E-state index in [4.69, 9.17) is 19.2 Å². The molecule has 1 atom stereocenters. The van der Waals surface area contributed by atoms with Crippen LogP contribution < -0.4 is 14.2 Å². The summed E-state index contributed by atoms with van der Waals surface area (Å²) < 4.78 is 42.7. The van der Waals surface area contributed by atoms with Gasteiger partial charge in [-0.15, -0.1) is 5.10 Å². The first-order valence-electron chi connectivity index (χ1n) is 9.84. The topological polar surface area (TPSA) is 105 Å². The highest BCUT2D eigenvalue weighted by Crippen LogP contribution is 2.41. The summed E-state index contributed by atoms with van der Waals surface area (Å²) in [4.78, 5) is 9.06. The van der Waals surface area contributed by atoms with Crippen LogP contribution in [-0.2, 0) is 9.84 Å². The van der Waals surface area contributed by atoms with E-state index in [9.17, 15) is 8.42 Å². The van der Waals surface area contributed by atoms with Crippen molar-refractivity contribution < 1.29 is 22.6 Å². The Morgan fingerprint density at radius 2 is 1.81 bits per heavy atom. The zero-order valence-electron chi connectivity index (χ0n) is 17.6. The number of ether oxygens (including phenoxy) is 3. The summed E-state index contributed by atoms with van der Waals surface area (Å²) in [5.74, 6) is 2.57. The van der Waals surface area contributed by atoms with Gasteiger partial charge in [0.2, 0.25) is 5.75 Å². The van der Waals surface area contributed by atoms with Gasteiger partial charge in [-0.3, -0.25) is 4.98 Å². The Morgan fingerprint density at radius 3 is 2.39 bits per heavy atom. The maximum atomic E-state index is 12.3. The smallest absolute Gasteiger partial charge is 0.203 e. The van der Waals surface area contributed by atoms with Crippen LogP contribution in [0.15, 0.2) is 36.5 Å². The monoisotopic (exact) mass is 444 g/mol. The van der Waals surface area contributed by atoms with Gasteiger partial charge in [-0.2, -0.15) is 0 Å². The van der Waals surface area contributed by atoms with Crippen LogP contribution in [0.25, 0.3) is 22.9 Å². The lowest BCUT2D eigenvalue weighted by atomic mass is 10.1. The van der Waals surface area contributed by atoms with Crippen LogP contribution in [0.2, 0.25) is 0 Å². The van der Waals surface area contributed by atoms with E-state index in [1.807, 2.05) is 18.2 Å². The molecule has 3 aromatic rings. The molecule has 9 nitrogen and oxygen atoms in total. The first-order valence-corrected chi connectivity index (χ1v) is 11.7. The van der Waals surface area contributed by atoms with Crippen molar-refractivity contribution in [1.82, 2.24) is 19.7 Å². The molecule has 164 valence electrons. The van der Waals surface area contributed by atoms with E-state index in [1.165, 1.54) is 7.11 Å². The molecule has 4 rings (SSSR count). The third kappa shape index (κ3) is 4.20. The average molecular weight is 445 g/mol. The highest BCUT2D eigenvalue weighted by atomic mass is 32.2. The highest BCUT2D eigenvalue weighted by molar-refractivity contribution is 7.91. The minimum absolute atomic E-state index is 0.0233. The Hall–Kier alpha value is -3.14. The van der Waals surface area contributed by atoms with Gasteiger partial charge in [-0.1, -0.05) is 6.07 Å². The van der Waals surface area contributed by atoms with Gasteiger partial charge >= 0.3 is 0 Å². The van der Waals surface area contributed by atoms with Gasteiger partial charge in [0.1, 0.15) is 5.69 Å². The summed E-state index contributed by atoms with van der Waals surface area (Å²) in [7, 11) is 1.47. The summed E-state index contributed by atoms with van der Waals surface area (Å²) in [6.07, 6.45) is 2.95. The first kappa shape index (κ1) is 21.1. The predicted octanol–water partition coefficient (Wildman–Crippen LogP) is 2.78. The van der Waals surface area contributed by atoms with Crippen molar-refractivity contribution in [2.75, 3.05) is 32.8 Å². The standard InChI is InChI=1S/C21H24N4O5S/c1-28-17-11-14(12-18(29-2)19(17)30-3)21-23-20(16-8-4-5-9-22-16)24-25(21)15-7-6-10-31(26,27)13-15/h4-5,8-9,11-12,15H,6-7,10,13H2,1-3H3. The second kappa shape index (κ2) is 8.54. The van der Waals surface area contributed by atoms with E-state index >= 15 is 0 Å². The normalized spacial score (nSPS) is 17.8. The molecule has 1 aliphatic rings. The van der Waals surface area contributed by atoms with Gasteiger partial charge in [0, 0.05) is 11.8 Å². The minimum Gasteiger partial charge on any atom is -0.493 e. The Kier molecular flexibility index (Phi) is 5.81. The maximum Gasteiger partial charge on any atom is 0.203 e. The fraction of sp³-hybridized carbons (Fsp3) is 0.381. The van der Waals surface area contributed by atoms with Gasteiger partial charge in [-0.05, 0) is 37.1 Å². The van der Waals surface area contributed by atoms with Crippen molar-refractivity contribution in [2.45, 2.75) is 18.9 Å². The number of hydrogen-bond donors (Lipinski definition) is 0. The first-order chi connectivity index (χ1) is 15.0. The SMILES string of the molecule is COc1cc(-c2nc(-c3ccccn3)nn2C2CCCS(=O)(=O)C2)cc(OC)c1OC. The molecule has 0 saturated carbocycles. The summed E-state index contributed by atoms with van der Waals surface area (Å²) >= 11 is 0. The van der Waals surface area contributed by atoms with Crippen LogP contribution in [-0.4, -0.2) is 61.0 Å². The molecule has 0 bridgehead atoms. The number of sulfone groups is 1. The van der Waals surface area contributed by atoms with Crippen LogP contribution in [0, 0.1) is 0 Å². The van der Waals surface area contributed by atoms with E-state index < -0.39 is 9.84 Å². The van der Waals surface area contributed by atoms with E-state index in [0.29, 0.717) is 53.0 Å². The quantitative estimate of drug-likeness (QED) is 0.571. The zero-order chi connectivity index (χ0) is 22.0. The molecule has 0 N–H and O–H groups in total. The summed E-state index contributed by atoms with van der Waals surface area (Å²) in [5.41, 5.74) is 1.28. The van der Waals surface area contributed by atoms with Crippen LogP contribution in [0.1, 0.15) is 18.9 Å². The molecule has 0 amide bonds. The molecule has 1 fully saturated rings. The second-order valence-electron chi connectivity index (χ2n) is 7.24. The van der Waals surface area contributed by atoms with E-state index in [2.05, 4.69) is 10.1 Å². The molecule has 3 heterocycles. The van der Waals surface area contributed by atoms with Gasteiger partial charge in [0.25, 0.3) is 0 Å². The van der Waals surface area contributed by atoms with Gasteiger partial charge in [-0.25, -0.2) is 18.1 Å². The molecule has 0 aliphatic carbocycles. The van der Waals surface area contributed by atoms with Gasteiger partial charge in [0.15, 0.2) is 33.0 Å². The third-order valence-corrected chi connectivity index (χ3v) is 7.04. The Bertz CT molecular complexity index is 1150.